The summed E-state index contributed by atoms with van der Waals surface area (Å²) in [6.45, 7) is 4.00. The molecule has 0 radical (unpaired) electrons. The van der Waals surface area contributed by atoms with Gasteiger partial charge in [-0.05, 0) is 31.7 Å². The van der Waals surface area contributed by atoms with Gasteiger partial charge in [-0.1, -0.05) is 0 Å². The standard InChI is InChI=1S/C17H25N7O/c1-21-15(13-24-11-5-7-18-24)19-20-16(21)14-6-4-10-23(12-14)17(25)22-8-2-3-9-22/h5,7,11,14H,2-4,6,8-10,12-13H2,1H3/t14-/m1/s1. The average Bonchev–Trinajstić information content (AvgIpc) is 3.38. The van der Waals surface area contributed by atoms with Crippen LogP contribution in [0.25, 0.3) is 0 Å². The van der Waals surface area contributed by atoms with Crippen LogP contribution in [0, 0.1) is 0 Å². The minimum atomic E-state index is 0.195. The minimum Gasteiger partial charge on any atom is -0.325 e. The Hall–Kier alpha value is -2.38. The van der Waals surface area contributed by atoms with Crippen molar-refractivity contribution in [3.8, 4) is 0 Å². The van der Waals surface area contributed by atoms with Gasteiger partial charge in [-0.3, -0.25) is 4.68 Å². The zero-order valence-corrected chi connectivity index (χ0v) is 14.7. The van der Waals surface area contributed by atoms with E-state index in [0.29, 0.717) is 6.54 Å². The van der Waals surface area contributed by atoms with E-state index in [1.807, 2.05) is 33.8 Å². The molecule has 2 amide bonds. The van der Waals surface area contributed by atoms with Crippen molar-refractivity contribution in [2.24, 2.45) is 7.05 Å². The Labute approximate surface area is 147 Å². The van der Waals surface area contributed by atoms with Crippen molar-refractivity contribution >= 4 is 6.03 Å². The third kappa shape index (κ3) is 3.25. The lowest BCUT2D eigenvalue weighted by atomic mass is 9.97. The molecule has 0 aromatic carbocycles. The van der Waals surface area contributed by atoms with Gasteiger partial charge < -0.3 is 14.4 Å². The van der Waals surface area contributed by atoms with Crippen LogP contribution < -0.4 is 0 Å². The number of nitrogens with zero attached hydrogens (tertiary/aromatic N) is 7. The van der Waals surface area contributed by atoms with Gasteiger partial charge in [0.15, 0.2) is 5.82 Å². The molecule has 8 heteroatoms. The van der Waals surface area contributed by atoms with Gasteiger partial charge in [0, 0.05) is 51.5 Å². The van der Waals surface area contributed by atoms with E-state index in [4.69, 9.17) is 0 Å². The molecule has 2 saturated heterocycles. The summed E-state index contributed by atoms with van der Waals surface area (Å²) in [5.41, 5.74) is 0. The van der Waals surface area contributed by atoms with Gasteiger partial charge in [-0.2, -0.15) is 5.10 Å². The van der Waals surface area contributed by atoms with Crippen molar-refractivity contribution < 1.29 is 4.79 Å². The van der Waals surface area contributed by atoms with Crippen molar-refractivity contribution in [3.05, 3.63) is 30.1 Å². The molecule has 0 aliphatic carbocycles. The lowest BCUT2D eigenvalue weighted by Gasteiger charge is -2.34. The van der Waals surface area contributed by atoms with Crippen molar-refractivity contribution in [1.82, 2.24) is 34.3 Å². The van der Waals surface area contributed by atoms with E-state index in [9.17, 15) is 4.79 Å². The molecule has 0 N–H and O–H groups in total. The molecular weight excluding hydrogens is 318 g/mol. The molecule has 2 aromatic rings. The highest BCUT2D eigenvalue weighted by atomic mass is 16.2. The summed E-state index contributed by atoms with van der Waals surface area (Å²) in [6.07, 6.45) is 8.01. The number of urea groups is 1. The Bertz CT molecular complexity index is 717. The van der Waals surface area contributed by atoms with Gasteiger partial charge in [-0.15, -0.1) is 10.2 Å². The maximum Gasteiger partial charge on any atom is 0.320 e. The molecule has 4 rings (SSSR count). The second kappa shape index (κ2) is 6.85. The van der Waals surface area contributed by atoms with Gasteiger partial charge in [0.05, 0.1) is 0 Å². The molecule has 2 aliphatic heterocycles. The quantitative estimate of drug-likeness (QED) is 0.846. The van der Waals surface area contributed by atoms with E-state index >= 15 is 0 Å². The van der Waals surface area contributed by atoms with Crippen LogP contribution in [0.15, 0.2) is 18.5 Å². The zero-order valence-electron chi connectivity index (χ0n) is 14.7. The van der Waals surface area contributed by atoms with Gasteiger partial charge in [0.2, 0.25) is 0 Å². The Balaban J connectivity index is 1.46. The molecule has 0 unspecified atom stereocenters. The molecule has 2 aromatic heterocycles. The van der Waals surface area contributed by atoms with E-state index in [2.05, 4.69) is 19.9 Å². The number of rotatable bonds is 3. The molecule has 8 nitrogen and oxygen atoms in total. The Kier molecular flexibility index (Phi) is 4.42. The van der Waals surface area contributed by atoms with Gasteiger partial charge >= 0.3 is 6.03 Å². The third-order valence-corrected chi connectivity index (χ3v) is 5.29. The van der Waals surface area contributed by atoms with E-state index in [-0.39, 0.29) is 11.9 Å². The number of carbonyl (C=O) groups excluding carboxylic acids is 1. The van der Waals surface area contributed by atoms with E-state index in [0.717, 1.165) is 63.5 Å². The topological polar surface area (TPSA) is 72.1 Å². The second-order valence-electron chi connectivity index (χ2n) is 7.00. The number of amides is 2. The fraction of sp³-hybridized carbons (Fsp3) is 0.647. The van der Waals surface area contributed by atoms with Crippen molar-refractivity contribution in [1.29, 1.82) is 0 Å². The number of likely N-dealkylation sites (tertiary alicyclic amines) is 2. The highest BCUT2D eigenvalue weighted by Gasteiger charge is 2.31. The number of hydrogen-bond acceptors (Lipinski definition) is 4. The summed E-state index contributed by atoms with van der Waals surface area (Å²) < 4.78 is 3.91. The smallest absolute Gasteiger partial charge is 0.320 e. The Morgan fingerprint density at radius 1 is 1.16 bits per heavy atom. The lowest BCUT2D eigenvalue weighted by Crippen LogP contribution is -2.46. The molecule has 0 saturated carbocycles. The monoisotopic (exact) mass is 343 g/mol. The second-order valence-corrected chi connectivity index (χ2v) is 7.00. The summed E-state index contributed by atoms with van der Waals surface area (Å²) in [7, 11) is 2.01. The van der Waals surface area contributed by atoms with Crippen molar-refractivity contribution in [3.63, 3.8) is 0 Å². The summed E-state index contributed by atoms with van der Waals surface area (Å²) in [5, 5.41) is 13.0. The normalized spacial score (nSPS) is 21.1. The Morgan fingerprint density at radius 2 is 1.96 bits per heavy atom. The van der Waals surface area contributed by atoms with Crippen LogP contribution in [-0.4, -0.2) is 66.6 Å². The number of piperidine rings is 1. The van der Waals surface area contributed by atoms with Gasteiger partial charge in [0.25, 0.3) is 0 Å². The highest BCUT2D eigenvalue weighted by molar-refractivity contribution is 5.74. The third-order valence-electron chi connectivity index (χ3n) is 5.29. The fourth-order valence-corrected chi connectivity index (χ4v) is 3.88. The largest absolute Gasteiger partial charge is 0.325 e. The summed E-state index contributed by atoms with van der Waals surface area (Å²) in [5.74, 6) is 2.12. The minimum absolute atomic E-state index is 0.195. The molecule has 134 valence electrons. The molecule has 1 atom stereocenters. The molecule has 0 bridgehead atoms. The molecule has 2 aliphatic rings. The lowest BCUT2D eigenvalue weighted by molar-refractivity contribution is 0.145. The first-order valence-electron chi connectivity index (χ1n) is 9.12. The first kappa shape index (κ1) is 16.1. The predicted molar refractivity (Wildman–Crippen MR) is 92.1 cm³/mol. The van der Waals surface area contributed by atoms with E-state index in [1.165, 1.54) is 0 Å². The SMILES string of the molecule is Cn1c(Cn2cccn2)nnc1[C@@H]1CCCN(C(=O)N2CCCC2)C1. The Morgan fingerprint density at radius 3 is 2.72 bits per heavy atom. The fourth-order valence-electron chi connectivity index (χ4n) is 3.88. The van der Waals surface area contributed by atoms with Crippen molar-refractivity contribution in [2.75, 3.05) is 26.2 Å². The maximum absolute atomic E-state index is 12.7. The number of aromatic nitrogens is 5. The van der Waals surface area contributed by atoms with Crippen LogP contribution in [0.2, 0.25) is 0 Å². The molecular formula is C17H25N7O. The summed E-state index contributed by atoms with van der Waals surface area (Å²) in [4.78, 5) is 16.7. The number of carbonyl (C=O) groups is 1. The van der Waals surface area contributed by atoms with Crippen molar-refractivity contribution in [2.45, 2.75) is 38.1 Å². The van der Waals surface area contributed by atoms with Gasteiger partial charge in [0.1, 0.15) is 12.4 Å². The highest BCUT2D eigenvalue weighted by Crippen LogP contribution is 2.27. The average molecular weight is 343 g/mol. The van der Waals surface area contributed by atoms with E-state index < -0.39 is 0 Å². The van der Waals surface area contributed by atoms with Crippen LogP contribution in [0.1, 0.15) is 43.3 Å². The van der Waals surface area contributed by atoms with Gasteiger partial charge in [-0.25, -0.2) is 4.79 Å². The molecule has 0 spiro atoms. The maximum atomic E-state index is 12.7. The number of hydrogen-bond donors (Lipinski definition) is 0. The first-order chi connectivity index (χ1) is 12.2. The van der Waals surface area contributed by atoms with Crippen LogP contribution in [-0.2, 0) is 13.6 Å². The summed E-state index contributed by atoms with van der Waals surface area (Å²) >= 11 is 0. The first-order valence-corrected chi connectivity index (χ1v) is 9.12. The molecule has 4 heterocycles. The molecule has 2 fully saturated rings. The van der Waals surface area contributed by atoms with E-state index in [1.54, 1.807) is 6.20 Å². The van der Waals surface area contributed by atoms with Crippen LogP contribution in [0.4, 0.5) is 4.79 Å². The van der Waals surface area contributed by atoms with Crippen LogP contribution >= 0.6 is 0 Å². The zero-order chi connectivity index (χ0) is 17.2. The van der Waals surface area contributed by atoms with Crippen LogP contribution in [0.3, 0.4) is 0 Å². The molecule has 25 heavy (non-hydrogen) atoms. The van der Waals surface area contributed by atoms with Crippen LogP contribution in [0.5, 0.6) is 0 Å². The predicted octanol–water partition coefficient (Wildman–Crippen LogP) is 1.46. The summed E-state index contributed by atoms with van der Waals surface area (Å²) in [6, 6.07) is 2.10.